The second kappa shape index (κ2) is 14.9. The van der Waals surface area contributed by atoms with E-state index in [1.807, 2.05) is 66.7 Å². The fourth-order valence-corrected chi connectivity index (χ4v) is 6.17. The van der Waals surface area contributed by atoms with E-state index in [0.717, 1.165) is 47.2 Å². The van der Waals surface area contributed by atoms with Gasteiger partial charge < -0.3 is 29.7 Å². The third kappa shape index (κ3) is 7.72. The summed E-state index contributed by atoms with van der Waals surface area (Å²) in [7, 11) is 0. The molecule has 234 valence electrons. The maximum absolute atomic E-state index is 12.3. The number of aliphatic hydroxyl groups excluding tert-OH is 2. The van der Waals surface area contributed by atoms with Gasteiger partial charge in [-0.3, -0.25) is 14.5 Å². The lowest BCUT2D eigenvalue weighted by atomic mass is 9.83. The van der Waals surface area contributed by atoms with Gasteiger partial charge in [0.1, 0.15) is 0 Å². The monoisotopic (exact) mass is 602 g/mol. The van der Waals surface area contributed by atoms with Gasteiger partial charge in [-0.05, 0) is 48.6 Å². The number of esters is 1. The van der Waals surface area contributed by atoms with Crippen LogP contribution >= 0.6 is 0 Å². The average molecular weight is 603 g/mol. The highest BCUT2D eigenvalue weighted by atomic mass is 16.7. The van der Waals surface area contributed by atoms with E-state index in [9.17, 15) is 19.8 Å². The molecule has 6 atom stereocenters. The van der Waals surface area contributed by atoms with Crippen LogP contribution in [0.2, 0.25) is 0 Å². The van der Waals surface area contributed by atoms with Crippen molar-refractivity contribution in [3.8, 4) is 0 Å². The number of likely N-dealkylation sites (tertiary alicyclic amines) is 1. The Balaban J connectivity index is 1.41. The van der Waals surface area contributed by atoms with Crippen LogP contribution in [-0.4, -0.2) is 64.9 Å². The molecule has 1 amide bonds. The summed E-state index contributed by atoms with van der Waals surface area (Å²) in [6.45, 7) is 4.74. The zero-order valence-corrected chi connectivity index (χ0v) is 25.3. The maximum Gasteiger partial charge on any atom is 0.303 e. The molecule has 3 N–H and O–H groups in total. The summed E-state index contributed by atoms with van der Waals surface area (Å²) in [6, 6.07) is 26.0. The molecule has 0 aromatic heterocycles. The van der Waals surface area contributed by atoms with Crippen molar-refractivity contribution in [2.45, 2.75) is 76.4 Å². The number of aliphatic hydroxyl groups is 2. The van der Waals surface area contributed by atoms with Gasteiger partial charge in [-0.25, -0.2) is 0 Å². The summed E-state index contributed by atoms with van der Waals surface area (Å²) < 4.78 is 18.5. The number of carbonyl (C=O) groups excluding carboxylic acids is 2. The number of hydrogen-bond donors (Lipinski definition) is 3. The number of benzene rings is 3. The number of rotatable bonds is 11. The van der Waals surface area contributed by atoms with Crippen LogP contribution in [0.4, 0.5) is 0 Å². The fraction of sp³-hybridized carbons (Fsp3) is 0.429. The van der Waals surface area contributed by atoms with Crippen LogP contribution < -0.4 is 5.32 Å². The van der Waals surface area contributed by atoms with Crippen LogP contribution in [0.1, 0.15) is 72.8 Å². The Morgan fingerprint density at radius 1 is 0.932 bits per heavy atom. The minimum atomic E-state index is -0.866. The Morgan fingerprint density at radius 3 is 2.27 bits per heavy atom. The quantitative estimate of drug-likeness (QED) is 0.281. The first-order chi connectivity index (χ1) is 21.4. The smallest absolute Gasteiger partial charge is 0.303 e. The van der Waals surface area contributed by atoms with Crippen molar-refractivity contribution < 1.29 is 34.0 Å². The zero-order chi connectivity index (χ0) is 31.1. The molecular weight excluding hydrogens is 560 g/mol. The molecule has 2 heterocycles. The molecule has 3 aromatic rings. The van der Waals surface area contributed by atoms with Crippen molar-refractivity contribution in [3.05, 3.63) is 107 Å². The van der Waals surface area contributed by atoms with Crippen molar-refractivity contribution in [2.75, 3.05) is 19.7 Å². The normalized spacial score (nSPS) is 24.5. The summed E-state index contributed by atoms with van der Waals surface area (Å²) in [5.41, 5.74) is 4.67. The lowest BCUT2D eigenvalue weighted by Gasteiger charge is -2.44. The van der Waals surface area contributed by atoms with Crippen LogP contribution in [0.25, 0.3) is 0 Å². The molecule has 2 aliphatic rings. The number of ether oxygens (including phenoxy) is 3. The standard InChI is InChI=1S/C35H42N2O7/c1-23(42-24(2)40)34(41)36-19-25-10-16-29(17-11-25)35-43-31(20-37-18-6-9-30(37)22-39)32(27-7-4-3-5-8-27)33(44-35)28-14-12-26(21-38)13-15-28/h3-5,7-8,10-17,23,30-33,35,38-39H,6,9,18-22H2,1-2H3,(H,36,41). The molecule has 0 aliphatic carbocycles. The molecule has 2 aliphatic heterocycles. The van der Waals surface area contributed by atoms with Gasteiger partial charge in [-0.1, -0.05) is 78.9 Å². The number of carbonyl (C=O) groups is 2. The van der Waals surface area contributed by atoms with Gasteiger partial charge in [0.15, 0.2) is 12.4 Å². The minimum Gasteiger partial charge on any atom is -0.453 e. The third-order valence-corrected chi connectivity index (χ3v) is 8.53. The van der Waals surface area contributed by atoms with E-state index in [1.54, 1.807) is 0 Å². The molecule has 0 radical (unpaired) electrons. The number of nitrogens with one attached hydrogen (secondary N) is 1. The highest BCUT2D eigenvalue weighted by Crippen LogP contribution is 2.47. The fourth-order valence-electron chi connectivity index (χ4n) is 6.17. The Morgan fingerprint density at radius 2 is 1.61 bits per heavy atom. The van der Waals surface area contributed by atoms with Crippen LogP contribution in [-0.2, 0) is 37.0 Å². The van der Waals surface area contributed by atoms with E-state index < -0.39 is 18.4 Å². The van der Waals surface area contributed by atoms with Gasteiger partial charge in [0, 0.05) is 37.5 Å². The van der Waals surface area contributed by atoms with Gasteiger partial charge in [0.2, 0.25) is 0 Å². The van der Waals surface area contributed by atoms with Gasteiger partial charge in [-0.15, -0.1) is 0 Å². The third-order valence-electron chi connectivity index (χ3n) is 8.53. The van der Waals surface area contributed by atoms with Gasteiger partial charge in [-0.2, -0.15) is 0 Å². The van der Waals surface area contributed by atoms with Crippen LogP contribution in [0.5, 0.6) is 0 Å². The molecule has 3 aromatic carbocycles. The molecule has 9 nitrogen and oxygen atoms in total. The van der Waals surface area contributed by atoms with Crippen LogP contribution in [0.3, 0.4) is 0 Å². The lowest BCUT2D eigenvalue weighted by molar-refractivity contribution is -0.264. The second-order valence-corrected chi connectivity index (χ2v) is 11.6. The SMILES string of the molecule is CC(=O)OC(C)C(=O)NCc1ccc(C2OC(CN3CCCC3CO)C(c3ccccc3)C(c3ccc(CO)cc3)O2)cc1. The molecule has 0 saturated carbocycles. The van der Waals surface area contributed by atoms with Gasteiger partial charge in [0.05, 0.1) is 25.4 Å². The average Bonchev–Trinajstić information content (AvgIpc) is 3.50. The molecule has 9 heteroatoms. The Hall–Kier alpha value is -3.60. The molecule has 44 heavy (non-hydrogen) atoms. The summed E-state index contributed by atoms with van der Waals surface area (Å²) in [4.78, 5) is 25.8. The number of hydrogen-bond acceptors (Lipinski definition) is 8. The largest absolute Gasteiger partial charge is 0.453 e. The van der Waals surface area contributed by atoms with Crippen molar-refractivity contribution in [1.82, 2.24) is 10.2 Å². The summed E-state index contributed by atoms with van der Waals surface area (Å²) in [5.74, 6) is -0.978. The Kier molecular flexibility index (Phi) is 10.8. The lowest BCUT2D eigenvalue weighted by Crippen LogP contribution is -2.46. The van der Waals surface area contributed by atoms with Crippen molar-refractivity contribution in [3.63, 3.8) is 0 Å². The van der Waals surface area contributed by atoms with E-state index in [4.69, 9.17) is 14.2 Å². The Bertz CT molecular complexity index is 1370. The molecule has 6 unspecified atom stereocenters. The molecule has 5 rings (SSSR count). The molecular formula is C35H42N2O7. The number of amides is 1. The first-order valence-electron chi connectivity index (χ1n) is 15.3. The van der Waals surface area contributed by atoms with Crippen molar-refractivity contribution in [2.24, 2.45) is 0 Å². The predicted molar refractivity (Wildman–Crippen MR) is 164 cm³/mol. The van der Waals surface area contributed by atoms with Gasteiger partial charge in [0.25, 0.3) is 5.91 Å². The zero-order valence-electron chi connectivity index (χ0n) is 25.3. The van der Waals surface area contributed by atoms with E-state index >= 15 is 0 Å². The predicted octanol–water partition coefficient (Wildman–Crippen LogP) is 4.14. The van der Waals surface area contributed by atoms with E-state index in [2.05, 4.69) is 22.3 Å². The summed E-state index contributed by atoms with van der Waals surface area (Å²) in [6.07, 6.45) is -0.0705. The maximum atomic E-state index is 12.3. The second-order valence-electron chi connectivity index (χ2n) is 11.6. The van der Waals surface area contributed by atoms with Crippen LogP contribution in [0.15, 0.2) is 78.9 Å². The van der Waals surface area contributed by atoms with Crippen molar-refractivity contribution in [1.29, 1.82) is 0 Å². The molecule has 0 bridgehead atoms. The van der Waals surface area contributed by atoms with Gasteiger partial charge >= 0.3 is 5.97 Å². The molecule has 0 spiro atoms. The Labute approximate surface area is 258 Å². The topological polar surface area (TPSA) is 118 Å². The molecule has 2 saturated heterocycles. The number of nitrogens with zero attached hydrogens (tertiary/aromatic N) is 1. The van der Waals surface area contributed by atoms with E-state index in [0.29, 0.717) is 6.54 Å². The van der Waals surface area contributed by atoms with Crippen LogP contribution in [0, 0.1) is 0 Å². The molecule has 2 fully saturated rings. The highest BCUT2D eigenvalue weighted by molar-refractivity contribution is 5.82. The van der Waals surface area contributed by atoms with Crippen molar-refractivity contribution >= 4 is 11.9 Å². The van der Waals surface area contributed by atoms with E-state index in [-0.39, 0.29) is 49.8 Å². The summed E-state index contributed by atoms with van der Waals surface area (Å²) >= 11 is 0. The first-order valence-corrected chi connectivity index (χ1v) is 15.3. The van der Waals surface area contributed by atoms with E-state index in [1.165, 1.54) is 13.8 Å². The minimum absolute atomic E-state index is 0.0325. The summed E-state index contributed by atoms with van der Waals surface area (Å²) in [5, 5.41) is 22.5. The highest BCUT2D eigenvalue weighted by Gasteiger charge is 2.43. The first kappa shape index (κ1) is 31.8.